The number of nitrogens with one attached hydrogen (secondary N) is 2. The molecule has 0 saturated carbocycles. The molecule has 0 aliphatic carbocycles. The van der Waals surface area contributed by atoms with E-state index in [0.717, 1.165) is 0 Å². The molecule has 23 heavy (non-hydrogen) atoms. The van der Waals surface area contributed by atoms with E-state index in [0.29, 0.717) is 35.8 Å². The van der Waals surface area contributed by atoms with Gasteiger partial charge in [0.1, 0.15) is 5.60 Å². The van der Waals surface area contributed by atoms with E-state index in [9.17, 15) is 9.59 Å². The van der Waals surface area contributed by atoms with Gasteiger partial charge in [0.2, 0.25) is 0 Å². The van der Waals surface area contributed by atoms with Crippen LogP contribution in [0.5, 0.6) is 0 Å². The molecule has 0 heterocycles. The van der Waals surface area contributed by atoms with Crippen molar-refractivity contribution >= 4 is 29.4 Å². The molecule has 0 unspecified atom stereocenters. The van der Waals surface area contributed by atoms with E-state index in [4.69, 9.17) is 21.1 Å². The van der Waals surface area contributed by atoms with E-state index in [2.05, 4.69) is 10.6 Å². The summed E-state index contributed by atoms with van der Waals surface area (Å²) in [6, 6.07) is 4.90. The van der Waals surface area contributed by atoms with Crippen molar-refractivity contribution in [1.29, 1.82) is 0 Å². The summed E-state index contributed by atoms with van der Waals surface area (Å²) in [4.78, 5) is 23.2. The summed E-state index contributed by atoms with van der Waals surface area (Å²) >= 11 is 5.94. The molecular formula is C16H23ClN2O4. The fourth-order valence-corrected chi connectivity index (χ4v) is 1.94. The van der Waals surface area contributed by atoms with Gasteiger partial charge >= 0.3 is 12.1 Å². The zero-order chi connectivity index (χ0) is 17.5. The highest BCUT2D eigenvalue weighted by molar-refractivity contribution is 6.31. The second kappa shape index (κ2) is 8.62. The zero-order valence-electron chi connectivity index (χ0n) is 13.9. The highest BCUT2D eigenvalue weighted by Gasteiger charge is 2.15. The van der Waals surface area contributed by atoms with Crippen LogP contribution in [0.2, 0.25) is 5.02 Å². The van der Waals surface area contributed by atoms with Crippen molar-refractivity contribution in [2.45, 2.75) is 32.8 Å². The van der Waals surface area contributed by atoms with Crippen molar-refractivity contribution in [1.82, 2.24) is 5.32 Å². The number of alkyl carbamates (subject to hydrolysis) is 1. The Kier molecular flexibility index (Phi) is 7.16. The molecule has 1 rings (SSSR count). The highest BCUT2D eigenvalue weighted by Crippen LogP contribution is 2.21. The number of halogens is 1. The fraction of sp³-hybridized carbons (Fsp3) is 0.500. The number of anilines is 1. The normalized spacial score (nSPS) is 10.8. The van der Waals surface area contributed by atoms with E-state index >= 15 is 0 Å². The Morgan fingerprint density at radius 3 is 2.52 bits per heavy atom. The van der Waals surface area contributed by atoms with Gasteiger partial charge in [-0.3, -0.25) is 0 Å². The molecule has 0 aromatic heterocycles. The van der Waals surface area contributed by atoms with Crippen LogP contribution in [0.4, 0.5) is 10.5 Å². The Bertz CT molecular complexity index is 556. The molecule has 0 fully saturated rings. The molecule has 0 radical (unpaired) electrons. The quantitative estimate of drug-likeness (QED) is 0.611. The molecule has 1 aromatic rings. The molecule has 0 aliphatic rings. The Morgan fingerprint density at radius 1 is 1.22 bits per heavy atom. The average Bonchev–Trinajstić information content (AvgIpc) is 2.44. The molecule has 6 nitrogen and oxygen atoms in total. The van der Waals surface area contributed by atoms with Gasteiger partial charge in [0, 0.05) is 18.1 Å². The zero-order valence-corrected chi connectivity index (χ0v) is 14.6. The first-order valence-electron chi connectivity index (χ1n) is 7.31. The fourth-order valence-electron chi connectivity index (χ4n) is 1.77. The summed E-state index contributed by atoms with van der Waals surface area (Å²) in [6.07, 6.45) is 0.210. The van der Waals surface area contributed by atoms with Crippen molar-refractivity contribution in [3.63, 3.8) is 0 Å². The first kappa shape index (κ1) is 19.1. The Balaban J connectivity index is 2.43. The molecule has 2 N–H and O–H groups in total. The lowest BCUT2D eigenvalue weighted by Gasteiger charge is -2.19. The van der Waals surface area contributed by atoms with Gasteiger partial charge < -0.3 is 20.1 Å². The van der Waals surface area contributed by atoms with Crippen LogP contribution in [0.25, 0.3) is 0 Å². The van der Waals surface area contributed by atoms with E-state index < -0.39 is 17.7 Å². The topological polar surface area (TPSA) is 76.7 Å². The number of hydrogen-bond donors (Lipinski definition) is 2. The third-order valence-corrected chi connectivity index (χ3v) is 2.96. The monoisotopic (exact) mass is 342 g/mol. The molecular weight excluding hydrogens is 320 g/mol. The molecule has 1 aromatic carbocycles. The van der Waals surface area contributed by atoms with Crippen molar-refractivity contribution in [2.75, 3.05) is 25.5 Å². The number of amides is 1. The van der Waals surface area contributed by atoms with Crippen molar-refractivity contribution in [2.24, 2.45) is 0 Å². The predicted molar refractivity (Wildman–Crippen MR) is 90.1 cm³/mol. The van der Waals surface area contributed by atoms with E-state index in [1.165, 1.54) is 7.11 Å². The van der Waals surface area contributed by atoms with E-state index in [1.54, 1.807) is 18.2 Å². The van der Waals surface area contributed by atoms with Gasteiger partial charge in [0.15, 0.2) is 0 Å². The molecule has 128 valence electrons. The molecule has 0 atom stereocenters. The number of esters is 1. The van der Waals surface area contributed by atoms with Crippen LogP contribution in [-0.4, -0.2) is 37.9 Å². The van der Waals surface area contributed by atoms with Gasteiger partial charge in [-0.2, -0.15) is 0 Å². The molecule has 7 heteroatoms. The lowest BCUT2D eigenvalue weighted by Crippen LogP contribution is -2.33. The van der Waals surface area contributed by atoms with Crippen LogP contribution in [0, 0.1) is 0 Å². The second-order valence-electron chi connectivity index (χ2n) is 5.89. The minimum absolute atomic E-state index is 0.414. The molecule has 1 amide bonds. The molecule has 0 saturated heterocycles. The molecule has 0 aliphatic heterocycles. The number of carbonyl (C=O) groups is 2. The maximum atomic E-state index is 11.7. The van der Waals surface area contributed by atoms with Crippen LogP contribution in [-0.2, 0) is 9.47 Å². The Labute approximate surface area is 141 Å². The highest BCUT2D eigenvalue weighted by atomic mass is 35.5. The van der Waals surface area contributed by atoms with Crippen molar-refractivity contribution < 1.29 is 19.1 Å². The van der Waals surface area contributed by atoms with E-state index in [-0.39, 0.29) is 0 Å². The van der Waals surface area contributed by atoms with Gasteiger partial charge in [-0.1, -0.05) is 11.6 Å². The largest absolute Gasteiger partial charge is 0.465 e. The lowest BCUT2D eigenvalue weighted by atomic mass is 10.1. The average molecular weight is 343 g/mol. The van der Waals surface area contributed by atoms with Gasteiger partial charge in [-0.15, -0.1) is 0 Å². The van der Waals surface area contributed by atoms with Gasteiger partial charge in [0.05, 0.1) is 18.4 Å². The maximum absolute atomic E-state index is 11.7. The standard InChI is InChI=1S/C16H23ClN2O4/c1-16(2,3)23-15(21)19-9-5-8-18-13-10-11(17)6-7-12(13)14(20)22-4/h6-7,10,18H,5,8-9H2,1-4H3,(H,19,21). The first-order valence-corrected chi connectivity index (χ1v) is 7.69. The SMILES string of the molecule is COC(=O)c1ccc(Cl)cc1NCCCNC(=O)OC(C)(C)C. The van der Waals surface area contributed by atoms with E-state index in [1.807, 2.05) is 20.8 Å². The second-order valence-corrected chi connectivity index (χ2v) is 6.33. The Hall–Kier alpha value is -1.95. The third kappa shape index (κ3) is 7.23. The molecule has 0 spiro atoms. The van der Waals surface area contributed by atoms with Crippen LogP contribution in [0.1, 0.15) is 37.6 Å². The summed E-state index contributed by atoms with van der Waals surface area (Å²) in [5, 5.41) is 6.30. The van der Waals surface area contributed by atoms with Crippen LogP contribution in [0.3, 0.4) is 0 Å². The number of benzene rings is 1. The number of carbonyl (C=O) groups excluding carboxylic acids is 2. The third-order valence-electron chi connectivity index (χ3n) is 2.72. The summed E-state index contributed by atoms with van der Waals surface area (Å²) in [5.41, 5.74) is 0.497. The Morgan fingerprint density at radius 2 is 1.91 bits per heavy atom. The first-order chi connectivity index (χ1) is 10.7. The van der Waals surface area contributed by atoms with Crippen LogP contribution < -0.4 is 10.6 Å². The summed E-state index contributed by atoms with van der Waals surface area (Å²) in [6.45, 7) is 6.43. The number of hydrogen-bond acceptors (Lipinski definition) is 5. The smallest absolute Gasteiger partial charge is 0.407 e. The van der Waals surface area contributed by atoms with Crippen LogP contribution in [0.15, 0.2) is 18.2 Å². The number of rotatable bonds is 6. The molecule has 0 bridgehead atoms. The number of methoxy groups -OCH3 is 1. The lowest BCUT2D eigenvalue weighted by molar-refractivity contribution is 0.0526. The van der Waals surface area contributed by atoms with Gasteiger partial charge in [-0.25, -0.2) is 9.59 Å². The summed E-state index contributed by atoms with van der Waals surface area (Å²) in [7, 11) is 1.32. The minimum atomic E-state index is -0.515. The van der Waals surface area contributed by atoms with Crippen molar-refractivity contribution in [3.8, 4) is 0 Å². The van der Waals surface area contributed by atoms with Gasteiger partial charge in [-0.05, 0) is 45.4 Å². The summed E-state index contributed by atoms with van der Waals surface area (Å²) in [5.74, 6) is -0.434. The number of ether oxygens (including phenoxy) is 2. The van der Waals surface area contributed by atoms with Gasteiger partial charge in [0.25, 0.3) is 0 Å². The minimum Gasteiger partial charge on any atom is -0.465 e. The maximum Gasteiger partial charge on any atom is 0.407 e. The summed E-state index contributed by atoms with van der Waals surface area (Å²) < 4.78 is 9.86. The van der Waals surface area contributed by atoms with Crippen molar-refractivity contribution in [3.05, 3.63) is 28.8 Å². The predicted octanol–water partition coefficient (Wildman–Crippen LogP) is 3.45. The van der Waals surface area contributed by atoms with Crippen LogP contribution >= 0.6 is 11.6 Å².